The SMILES string of the molecule is CC(=O)C1C2CCC(C2)C1C/C=C\CCCC(=O)O. The fourth-order valence-corrected chi connectivity index (χ4v) is 4.13. The van der Waals surface area contributed by atoms with Gasteiger partial charge in [-0.3, -0.25) is 9.59 Å². The van der Waals surface area contributed by atoms with E-state index < -0.39 is 5.97 Å². The Bertz CT molecular complexity index is 372. The number of carbonyl (C=O) groups is 2. The van der Waals surface area contributed by atoms with E-state index in [4.69, 9.17) is 5.11 Å². The molecule has 2 rings (SSSR count). The number of hydrogen-bond acceptors (Lipinski definition) is 2. The highest BCUT2D eigenvalue weighted by Gasteiger charge is 2.48. The van der Waals surface area contributed by atoms with Crippen molar-refractivity contribution in [1.29, 1.82) is 0 Å². The summed E-state index contributed by atoms with van der Waals surface area (Å²) in [4.78, 5) is 22.2. The van der Waals surface area contributed by atoms with Crippen molar-refractivity contribution in [1.82, 2.24) is 0 Å². The van der Waals surface area contributed by atoms with Crippen molar-refractivity contribution < 1.29 is 14.7 Å². The molecule has 19 heavy (non-hydrogen) atoms. The molecule has 4 atom stereocenters. The zero-order chi connectivity index (χ0) is 13.8. The quantitative estimate of drug-likeness (QED) is 0.566. The fourth-order valence-electron chi connectivity index (χ4n) is 4.13. The zero-order valence-electron chi connectivity index (χ0n) is 11.7. The molecular formula is C16H24O3. The van der Waals surface area contributed by atoms with E-state index in [1.165, 1.54) is 19.3 Å². The average molecular weight is 264 g/mol. The Labute approximate surface area is 115 Å². The van der Waals surface area contributed by atoms with Crippen molar-refractivity contribution in [3.05, 3.63) is 12.2 Å². The molecule has 0 heterocycles. The van der Waals surface area contributed by atoms with Crippen LogP contribution in [0.25, 0.3) is 0 Å². The van der Waals surface area contributed by atoms with Crippen LogP contribution in [-0.4, -0.2) is 16.9 Å². The smallest absolute Gasteiger partial charge is 0.303 e. The Morgan fingerprint density at radius 3 is 2.63 bits per heavy atom. The molecule has 3 nitrogen and oxygen atoms in total. The van der Waals surface area contributed by atoms with Gasteiger partial charge in [-0.25, -0.2) is 0 Å². The third-order valence-electron chi connectivity index (χ3n) is 4.89. The maximum Gasteiger partial charge on any atom is 0.303 e. The minimum atomic E-state index is -0.724. The summed E-state index contributed by atoms with van der Waals surface area (Å²) in [6, 6.07) is 0. The number of carboxylic acids is 1. The number of allylic oxidation sites excluding steroid dienone is 2. The van der Waals surface area contributed by atoms with E-state index in [2.05, 4.69) is 12.2 Å². The maximum atomic E-state index is 11.8. The zero-order valence-corrected chi connectivity index (χ0v) is 11.7. The van der Waals surface area contributed by atoms with Crippen LogP contribution >= 0.6 is 0 Å². The predicted molar refractivity (Wildman–Crippen MR) is 73.7 cm³/mol. The third kappa shape index (κ3) is 3.46. The standard InChI is InChI=1S/C16H24O3/c1-11(17)16-13-9-8-12(10-13)14(16)6-4-2-3-5-7-15(18)19/h2,4,12-14,16H,3,5-10H2,1H3,(H,18,19)/b4-2-. The molecule has 0 radical (unpaired) electrons. The van der Waals surface area contributed by atoms with Crippen LogP contribution < -0.4 is 0 Å². The first-order valence-corrected chi connectivity index (χ1v) is 7.47. The van der Waals surface area contributed by atoms with Crippen molar-refractivity contribution in [2.75, 3.05) is 0 Å². The van der Waals surface area contributed by atoms with Crippen molar-refractivity contribution in [3.8, 4) is 0 Å². The summed E-state index contributed by atoms with van der Waals surface area (Å²) in [6.07, 6.45) is 10.8. The first-order valence-electron chi connectivity index (χ1n) is 7.47. The van der Waals surface area contributed by atoms with Gasteiger partial charge in [0, 0.05) is 12.3 Å². The van der Waals surface area contributed by atoms with Gasteiger partial charge in [0.1, 0.15) is 5.78 Å². The second-order valence-corrected chi connectivity index (χ2v) is 6.13. The summed E-state index contributed by atoms with van der Waals surface area (Å²) >= 11 is 0. The molecule has 2 aliphatic rings. The highest BCUT2D eigenvalue weighted by molar-refractivity contribution is 5.79. The molecule has 0 aliphatic heterocycles. The molecular weight excluding hydrogens is 240 g/mol. The van der Waals surface area contributed by atoms with Gasteiger partial charge in [-0.1, -0.05) is 12.2 Å². The Morgan fingerprint density at radius 2 is 1.95 bits per heavy atom. The lowest BCUT2D eigenvalue weighted by Gasteiger charge is -2.28. The van der Waals surface area contributed by atoms with Gasteiger partial charge in [0.2, 0.25) is 0 Å². The molecule has 4 unspecified atom stereocenters. The van der Waals surface area contributed by atoms with Gasteiger partial charge in [0.15, 0.2) is 0 Å². The molecule has 1 N–H and O–H groups in total. The number of Topliss-reactive ketones (excluding diaryl/α,β-unsaturated/α-hetero) is 1. The average Bonchev–Trinajstić information content (AvgIpc) is 2.93. The number of ketones is 1. The van der Waals surface area contributed by atoms with E-state index in [9.17, 15) is 9.59 Å². The van der Waals surface area contributed by atoms with E-state index in [0.29, 0.717) is 30.0 Å². The monoisotopic (exact) mass is 264 g/mol. The van der Waals surface area contributed by atoms with E-state index in [1.807, 2.05) is 0 Å². The van der Waals surface area contributed by atoms with Crippen molar-refractivity contribution in [2.24, 2.45) is 23.7 Å². The van der Waals surface area contributed by atoms with Gasteiger partial charge < -0.3 is 5.11 Å². The molecule has 0 aromatic rings. The van der Waals surface area contributed by atoms with Crippen LogP contribution in [0.1, 0.15) is 51.9 Å². The topological polar surface area (TPSA) is 54.4 Å². The number of carbonyl (C=O) groups excluding carboxylic acids is 1. The van der Waals surface area contributed by atoms with Crippen LogP contribution in [-0.2, 0) is 9.59 Å². The predicted octanol–water partition coefficient (Wildman–Crippen LogP) is 3.44. The van der Waals surface area contributed by atoms with E-state index in [0.717, 1.165) is 18.8 Å². The third-order valence-corrected chi connectivity index (χ3v) is 4.89. The lowest BCUT2D eigenvalue weighted by molar-refractivity contribution is -0.137. The molecule has 0 aromatic heterocycles. The van der Waals surface area contributed by atoms with Crippen LogP contribution in [0.2, 0.25) is 0 Å². The Balaban J connectivity index is 1.77. The van der Waals surface area contributed by atoms with E-state index in [1.54, 1.807) is 6.92 Å². The van der Waals surface area contributed by atoms with Crippen LogP contribution in [0.3, 0.4) is 0 Å². The maximum absolute atomic E-state index is 11.8. The number of fused-ring (bicyclic) bond motifs is 2. The van der Waals surface area contributed by atoms with Crippen LogP contribution in [0.5, 0.6) is 0 Å². The highest BCUT2D eigenvalue weighted by Crippen LogP contribution is 2.53. The molecule has 0 spiro atoms. The van der Waals surface area contributed by atoms with E-state index in [-0.39, 0.29) is 6.42 Å². The molecule has 0 amide bonds. The van der Waals surface area contributed by atoms with Gasteiger partial charge in [-0.05, 0) is 63.2 Å². The molecule has 3 heteroatoms. The van der Waals surface area contributed by atoms with Crippen molar-refractivity contribution in [2.45, 2.75) is 51.9 Å². The number of unbranched alkanes of at least 4 members (excludes halogenated alkanes) is 1. The minimum Gasteiger partial charge on any atom is -0.481 e. The second kappa shape index (κ2) is 6.36. The largest absolute Gasteiger partial charge is 0.481 e. The summed E-state index contributed by atoms with van der Waals surface area (Å²) in [5.41, 5.74) is 0. The fraction of sp³-hybridized carbons (Fsp3) is 0.750. The van der Waals surface area contributed by atoms with Gasteiger partial charge in [0.05, 0.1) is 0 Å². The Kier molecular flexibility index (Phi) is 4.78. The Hall–Kier alpha value is -1.12. The molecule has 2 aliphatic carbocycles. The number of aliphatic carboxylic acids is 1. The number of carboxylic acid groups (broad SMARTS) is 1. The van der Waals surface area contributed by atoms with Gasteiger partial charge >= 0.3 is 5.97 Å². The summed E-state index contributed by atoms with van der Waals surface area (Å²) < 4.78 is 0. The first-order chi connectivity index (χ1) is 9.09. The summed E-state index contributed by atoms with van der Waals surface area (Å²) in [5.74, 6) is 1.89. The van der Waals surface area contributed by atoms with Gasteiger partial charge in [0.25, 0.3) is 0 Å². The lowest BCUT2D eigenvalue weighted by Crippen LogP contribution is -2.27. The molecule has 2 bridgehead atoms. The van der Waals surface area contributed by atoms with Gasteiger partial charge in [-0.2, -0.15) is 0 Å². The van der Waals surface area contributed by atoms with E-state index >= 15 is 0 Å². The van der Waals surface area contributed by atoms with Crippen LogP contribution in [0, 0.1) is 23.7 Å². The summed E-state index contributed by atoms with van der Waals surface area (Å²) in [5, 5.41) is 8.55. The number of hydrogen-bond donors (Lipinski definition) is 1. The Morgan fingerprint density at radius 1 is 1.21 bits per heavy atom. The summed E-state index contributed by atoms with van der Waals surface area (Å²) in [7, 11) is 0. The molecule has 0 saturated heterocycles. The summed E-state index contributed by atoms with van der Waals surface area (Å²) in [6.45, 7) is 1.74. The molecule has 106 valence electrons. The molecule has 2 fully saturated rings. The van der Waals surface area contributed by atoms with Crippen molar-refractivity contribution >= 4 is 11.8 Å². The molecule has 0 aromatic carbocycles. The van der Waals surface area contributed by atoms with Crippen molar-refractivity contribution in [3.63, 3.8) is 0 Å². The first kappa shape index (κ1) is 14.3. The lowest BCUT2D eigenvalue weighted by atomic mass is 9.75. The number of rotatable bonds is 7. The minimum absolute atomic E-state index is 0.245. The normalized spacial score (nSPS) is 33.1. The van der Waals surface area contributed by atoms with Crippen LogP contribution in [0.4, 0.5) is 0 Å². The second-order valence-electron chi connectivity index (χ2n) is 6.13. The van der Waals surface area contributed by atoms with Gasteiger partial charge in [-0.15, -0.1) is 0 Å². The highest BCUT2D eigenvalue weighted by atomic mass is 16.4. The van der Waals surface area contributed by atoms with Crippen LogP contribution in [0.15, 0.2) is 12.2 Å². The molecule has 2 saturated carbocycles.